The van der Waals surface area contributed by atoms with Gasteiger partial charge in [-0.2, -0.15) is 0 Å². The fourth-order valence-electron chi connectivity index (χ4n) is 2.75. The number of piperidine rings is 1. The minimum Gasteiger partial charge on any atom is -0.506 e. The third-order valence-electron chi connectivity index (χ3n) is 3.95. The summed E-state index contributed by atoms with van der Waals surface area (Å²) in [5.41, 5.74) is 1.18. The molecule has 0 spiro atoms. The van der Waals surface area contributed by atoms with Crippen LogP contribution in [0.4, 0.5) is 5.69 Å². The minimum atomic E-state index is -0.684. The van der Waals surface area contributed by atoms with Gasteiger partial charge in [-0.25, -0.2) is 0 Å². The fraction of sp³-hybridized carbons (Fsp3) is 0.500. The predicted molar refractivity (Wildman–Crippen MR) is 81.1 cm³/mol. The Hall–Kier alpha value is -2.04. The van der Waals surface area contributed by atoms with E-state index in [2.05, 4.69) is 5.32 Å². The summed E-state index contributed by atoms with van der Waals surface area (Å²) < 4.78 is 0. The van der Waals surface area contributed by atoms with Crippen molar-refractivity contribution >= 4 is 17.5 Å². The first-order valence-electron chi connectivity index (χ1n) is 7.44. The summed E-state index contributed by atoms with van der Waals surface area (Å²) in [7, 11) is 0. The van der Waals surface area contributed by atoms with E-state index in [9.17, 15) is 14.7 Å². The summed E-state index contributed by atoms with van der Waals surface area (Å²) in [6, 6.07) is 5.03. The Morgan fingerprint density at radius 3 is 2.86 bits per heavy atom. The summed E-state index contributed by atoms with van der Waals surface area (Å²) in [4.78, 5) is 26.1. The van der Waals surface area contributed by atoms with Crippen LogP contribution >= 0.6 is 0 Å². The first kappa shape index (κ1) is 15.4. The molecule has 2 N–H and O–H groups in total. The average molecular weight is 290 g/mol. The number of phenols is 1. The Morgan fingerprint density at radius 2 is 2.14 bits per heavy atom. The van der Waals surface area contributed by atoms with Crippen LogP contribution in [0.3, 0.4) is 0 Å². The molecule has 21 heavy (non-hydrogen) atoms. The van der Waals surface area contributed by atoms with E-state index < -0.39 is 11.8 Å². The highest BCUT2D eigenvalue weighted by Gasteiger charge is 2.29. The van der Waals surface area contributed by atoms with Crippen LogP contribution in [0.15, 0.2) is 18.2 Å². The Balaban J connectivity index is 2.08. The number of aryl methyl sites for hydroxylation is 1. The van der Waals surface area contributed by atoms with Crippen LogP contribution in [0.1, 0.15) is 38.2 Å². The molecule has 0 aliphatic carbocycles. The molecule has 1 unspecified atom stereocenters. The molecule has 0 aromatic heterocycles. The lowest BCUT2D eigenvalue weighted by Crippen LogP contribution is -2.48. The SMILES string of the molecule is CCC1CCCCN1C(=O)C(=O)Nc1cc(C)ccc1O. The largest absolute Gasteiger partial charge is 0.506 e. The third-order valence-corrected chi connectivity index (χ3v) is 3.95. The number of hydrogen-bond acceptors (Lipinski definition) is 3. The number of aromatic hydroxyl groups is 1. The highest BCUT2D eigenvalue weighted by molar-refractivity contribution is 6.39. The van der Waals surface area contributed by atoms with Gasteiger partial charge in [0.15, 0.2) is 0 Å². The molecule has 2 rings (SSSR count). The maximum atomic E-state index is 12.3. The van der Waals surface area contributed by atoms with Crippen LogP contribution in [-0.2, 0) is 9.59 Å². The molecule has 0 bridgehead atoms. The van der Waals surface area contributed by atoms with E-state index >= 15 is 0 Å². The molecule has 114 valence electrons. The van der Waals surface area contributed by atoms with Crippen molar-refractivity contribution < 1.29 is 14.7 Å². The minimum absolute atomic E-state index is 0.0348. The summed E-state index contributed by atoms with van der Waals surface area (Å²) in [5.74, 6) is -1.23. The lowest BCUT2D eigenvalue weighted by Gasteiger charge is -2.34. The van der Waals surface area contributed by atoms with E-state index in [-0.39, 0.29) is 17.5 Å². The molecule has 1 aromatic carbocycles. The lowest BCUT2D eigenvalue weighted by molar-refractivity contribution is -0.145. The van der Waals surface area contributed by atoms with Gasteiger partial charge in [-0.15, -0.1) is 0 Å². The van der Waals surface area contributed by atoms with Crippen molar-refractivity contribution in [1.82, 2.24) is 4.90 Å². The van der Waals surface area contributed by atoms with E-state index in [0.29, 0.717) is 6.54 Å². The Morgan fingerprint density at radius 1 is 1.38 bits per heavy atom. The maximum Gasteiger partial charge on any atom is 0.314 e. The molecule has 1 saturated heterocycles. The van der Waals surface area contributed by atoms with Crippen LogP contribution in [-0.4, -0.2) is 34.4 Å². The number of likely N-dealkylation sites (tertiary alicyclic amines) is 1. The van der Waals surface area contributed by atoms with E-state index in [1.165, 1.54) is 6.07 Å². The number of phenolic OH excluding ortho intramolecular Hbond substituents is 1. The Kier molecular flexibility index (Phi) is 4.83. The maximum absolute atomic E-state index is 12.3. The second kappa shape index (κ2) is 6.61. The Labute approximate surface area is 125 Å². The number of rotatable bonds is 2. The van der Waals surface area contributed by atoms with Gasteiger partial charge in [-0.05, 0) is 50.3 Å². The smallest absolute Gasteiger partial charge is 0.314 e. The van der Waals surface area contributed by atoms with Crippen LogP contribution < -0.4 is 5.32 Å². The first-order chi connectivity index (χ1) is 10.0. The summed E-state index contributed by atoms with van der Waals surface area (Å²) >= 11 is 0. The van der Waals surface area contributed by atoms with E-state index in [1.54, 1.807) is 17.0 Å². The van der Waals surface area contributed by atoms with Crippen molar-refractivity contribution in [2.24, 2.45) is 0 Å². The van der Waals surface area contributed by atoms with Gasteiger partial charge in [0.25, 0.3) is 0 Å². The topological polar surface area (TPSA) is 69.6 Å². The van der Waals surface area contributed by atoms with Crippen molar-refractivity contribution in [3.05, 3.63) is 23.8 Å². The summed E-state index contributed by atoms with van der Waals surface area (Å²) in [5, 5.41) is 12.2. The Bertz CT molecular complexity index is 542. The monoisotopic (exact) mass is 290 g/mol. The quantitative estimate of drug-likeness (QED) is 0.649. The van der Waals surface area contributed by atoms with E-state index in [1.807, 2.05) is 13.8 Å². The molecule has 1 aromatic rings. The number of carbonyl (C=O) groups excluding carboxylic acids is 2. The zero-order chi connectivity index (χ0) is 15.4. The van der Waals surface area contributed by atoms with Crippen LogP contribution in [0, 0.1) is 6.92 Å². The molecule has 0 radical (unpaired) electrons. The molecule has 1 heterocycles. The van der Waals surface area contributed by atoms with Gasteiger partial charge in [0.1, 0.15) is 5.75 Å². The van der Waals surface area contributed by atoms with Gasteiger partial charge in [0, 0.05) is 12.6 Å². The van der Waals surface area contributed by atoms with Crippen molar-refractivity contribution in [2.45, 2.75) is 45.6 Å². The molecular weight excluding hydrogens is 268 g/mol. The lowest BCUT2D eigenvalue weighted by atomic mass is 10.00. The normalized spacial score (nSPS) is 18.4. The molecule has 1 aliphatic rings. The molecule has 1 aliphatic heterocycles. The van der Waals surface area contributed by atoms with Crippen molar-refractivity contribution in [1.29, 1.82) is 0 Å². The summed E-state index contributed by atoms with van der Waals surface area (Å²) in [6.45, 7) is 4.51. The number of benzene rings is 1. The molecular formula is C16H22N2O3. The van der Waals surface area contributed by atoms with E-state index in [4.69, 9.17) is 0 Å². The van der Waals surface area contributed by atoms with Crippen LogP contribution in [0.2, 0.25) is 0 Å². The second-order valence-electron chi connectivity index (χ2n) is 5.53. The van der Waals surface area contributed by atoms with Gasteiger partial charge < -0.3 is 15.3 Å². The zero-order valence-corrected chi connectivity index (χ0v) is 12.6. The predicted octanol–water partition coefficient (Wildman–Crippen LogP) is 2.43. The number of carbonyl (C=O) groups is 2. The van der Waals surface area contributed by atoms with Crippen molar-refractivity contribution in [3.8, 4) is 5.75 Å². The van der Waals surface area contributed by atoms with Gasteiger partial charge in [0.05, 0.1) is 5.69 Å². The van der Waals surface area contributed by atoms with Crippen molar-refractivity contribution in [3.63, 3.8) is 0 Å². The van der Waals surface area contributed by atoms with E-state index in [0.717, 1.165) is 31.2 Å². The van der Waals surface area contributed by atoms with Gasteiger partial charge in [-0.1, -0.05) is 13.0 Å². The molecule has 0 saturated carbocycles. The number of anilines is 1. The first-order valence-corrected chi connectivity index (χ1v) is 7.44. The molecule has 1 fully saturated rings. The van der Waals surface area contributed by atoms with Gasteiger partial charge >= 0.3 is 11.8 Å². The standard InChI is InChI=1S/C16H22N2O3/c1-3-12-6-4-5-9-18(12)16(21)15(20)17-13-10-11(2)7-8-14(13)19/h7-8,10,12,19H,3-6,9H2,1-2H3,(H,17,20). The highest BCUT2D eigenvalue weighted by Crippen LogP contribution is 2.24. The van der Waals surface area contributed by atoms with Crippen molar-refractivity contribution in [2.75, 3.05) is 11.9 Å². The molecule has 5 heteroatoms. The fourth-order valence-corrected chi connectivity index (χ4v) is 2.75. The van der Waals surface area contributed by atoms with Gasteiger partial charge in [-0.3, -0.25) is 9.59 Å². The van der Waals surface area contributed by atoms with Crippen LogP contribution in [0.25, 0.3) is 0 Å². The summed E-state index contributed by atoms with van der Waals surface area (Å²) in [6.07, 6.45) is 3.84. The third kappa shape index (κ3) is 3.54. The number of nitrogens with one attached hydrogen (secondary N) is 1. The molecule has 5 nitrogen and oxygen atoms in total. The van der Waals surface area contributed by atoms with Gasteiger partial charge in [0.2, 0.25) is 0 Å². The second-order valence-corrected chi connectivity index (χ2v) is 5.53. The van der Waals surface area contributed by atoms with Crippen LogP contribution in [0.5, 0.6) is 5.75 Å². The zero-order valence-electron chi connectivity index (χ0n) is 12.6. The molecule has 1 atom stereocenters. The highest BCUT2D eigenvalue weighted by atomic mass is 16.3. The molecule has 2 amide bonds. The number of nitrogens with zero attached hydrogens (tertiary/aromatic N) is 1. The number of hydrogen-bond donors (Lipinski definition) is 2. The number of amides is 2. The average Bonchev–Trinajstić information content (AvgIpc) is 2.50.